The maximum atomic E-state index is 14.2. The Morgan fingerprint density at radius 1 is 1.17 bits per heavy atom. The fraction of sp³-hybridized carbons (Fsp3) is 0.458. The van der Waals surface area contributed by atoms with Crippen molar-refractivity contribution in [3.8, 4) is 5.75 Å². The first-order valence-corrected chi connectivity index (χ1v) is 10.4. The Morgan fingerprint density at radius 3 is 2.72 bits per heavy atom. The fourth-order valence-corrected chi connectivity index (χ4v) is 3.92. The van der Waals surface area contributed by atoms with Gasteiger partial charge in [0.15, 0.2) is 0 Å². The maximum absolute atomic E-state index is 14.2. The summed E-state index contributed by atoms with van der Waals surface area (Å²) in [6, 6.07) is 13.0. The summed E-state index contributed by atoms with van der Waals surface area (Å²) in [6.07, 6.45) is 5.09. The number of halogens is 1. The van der Waals surface area contributed by atoms with Gasteiger partial charge >= 0.3 is 5.97 Å². The van der Waals surface area contributed by atoms with E-state index in [4.69, 9.17) is 9.84 Å². The van der Waals surface area contributed by atoms with E-state index in [0.29, 0.717) is 31.1 Å². The fourth-order valence-electron chi connectivity index (χ4n) is 3.92. The van der Waals surface area contributed by atoms with Crippen LogP contribution < -0.4 is 4.74 Å². The Morgan fingerprint density at radius 2 is 1.97 bits per heavy atom. The molecule has 0 aromatic heterocycles. The standard InChI is InChI=1S/C24H30FNO3/c1-18-9-10-23(25)21(13-18)16-26(12-11-24(27)28)15-20-7-4-8-22(14-20)29-17-19-5-2-3-6-19/h4,7-10,13-14,19H,2-3,5-6,11-12,15-17H2,1H3,(H,27,28). The van der Waals surface area contributed by atoms with Crippen LogP contribution in [0, 0.1) is 18.7 Å². The molecule has 0 bridgehead atoms. The number of carboxylic acids is 1. The number of rotatable bonds is 10. The van der Waals surface area contributed by atoms with Gasteiger partial charge in [-0.3, -0.25) is 9.69 Å². The molecule has 0 unspecified atom stereocenters. The molecular weight excluding hydrogens is 369 g/mol. The zero-order chi connectivity index (χ0) is 20.6. The van der Waals surface area contributed by atoms with Crippen LogP contribution in [0.25, 0.3) is 0 Å². The van der Waals surface area contributed by atoms with Crippen molar-refractivity contribution in [2.45, 2.75) is 52.1 Å². The third kappa shape index (κ3) is 6.86. The molecular formula is C24H30FNO3. The predicted octanol–water partition coefficient (Wildman–Crippen LogP) is 5.18. The molecule has 1 saturated carbocycles. The molecule has 4 nitrogen and oxygen atoms in total. The number of ether oxygens (including phenoxy) is 1. The van der Waals surface area contributed by atoms with E-state index in [1.165, 1.54) is 31.7 Å². The van der Waals surface area contributed by atoms with Gasteiger partial charge in [0.05, 0.1) is 13.0 Å². The van der Waals surface area contributed by atoms with Crippen molar-refractivity contribution < 1.29 is 19.0 Å². The molecule has 0 saturated heterocycles. The van der Waals surface area contributed by atoms with E-state index in [0.717, 1.165) is 23.5 Å². The van der Waals surface area contributed by atoms with Crippen molar-refractivity contribution in [1.82, 2.24) is 4.90 Å². The molecule has 0 amide bonds. The van der Waals surface area contributed by atoms with Crippen LogP contribution in [-0.2, 0) is 17.9 Å². The van der Waals surface area contributed by atoms with E-state index in [2.05, 4.69) is 0 Å². The average Bonchev–Trinajstić information content (AvgIpc) is 3.21. The molecule has 156 valence electrons. The number of aliphatic carboxylic acids is 1. The molecule has 2 aromatic rings. The van der Waals surface area contributed by atoms with E-state index >= 15 is 0 Å². The number of carboxylic acid groups (broad SMARTS) is 1. The van der Waals surface area contributed by atoms with Gasteiger partial charge in [-0.15, -0.1) is 0 Å². The van der Waals surface area contributed by atoms with Crippen LogP contribution >= 0.6 is 0 Å². The van der Waals surface area contributed by atoms with Crippen molar-refractivity contribution in [2.75, 3.05) is 13.2 Å². The summed E-state index contributed by atoms with van der Waals surface area (Å²) in [5.74, 6) is 0.377. The molecule has 29 heavy (non-hydrogen) atoms. The summed E-state index contributed by atoms with van der Waals surface area (Å²) < 4.78 is 20.2. The van der Waals surface area contributed by atoms with Crippen molar-refractivity contribution in [3.63, 3.8) is 0 Å². The SMILES string of the molecule is Cc1ccc(F)c(CN(CCC(=O)O)Cc2cccc(OCC3CCCC3)c2)c1. The maximum Gasteiger partial charge on any atom is 0.304 e. The van der Waals surface area contributed by atoms with Gasteiger partial charge in [-0.2, -0.15) is 0 Å². The lowest BCUT2D eigenvalue weighted by atomic mass is 10.1. The lowest BCUT2D eigenvalue weighted by Gasteiger charge is -2.23. The van der Waals surface area contributed by atoms with Crippen LogP contribution in [0.3, 0.4) is 0 Å². The van der Waals surface area contributed by atoms with E-state index in [-0.39, 0.29) is 12.2 Å². The Bertz CT molecular complexity index is 818. The normalized spacial score (nSPS) is 14.4. The van der Waals surface area contributed by atoms with Crippen molar-refractivity contribution in [1.29, 1.82) is 0 Å². The summed E-state index contributed by atoms with van der Waals surface area (Å²) in [5, 5.41) is 9.09. The second kappa shape index (κ2) is 10.4. The molecule has 1 N–H and O–H groups in total. The predicted molar refractivity (Wildman–Crippen MR) is 111 cm³/mol. The molecule has 0 atom stereocenters. The minimum absolute atomic E-state index is 0.0192. The Hall–Kier alpha value is -2.40. The molecule has 5 heteroatoms. The molecule has 1 aliphatic rings. The minimum Gasteiger partial charge on any atom is -0.493 e. The van der Waals surface area contributed by atoms with Crippen LogP contribution in [0.5, 0.6) is 5.75 Å². The minimum atomic E-state index is -0.853. The van der Waals surface area contributed by atoms with Crippen molar-refractivity contribution >= 4 is 5.97 Å². The number of carbonyl (C=O) groups is 1. The third-order valence-electron chi connectivity index (χ3n) is 5.50. The quantitative estimate of drug-likeness (QED) is 0.598. The lowest BCUT2D eigenvalue weighted by molar-refractivity contribution is -0.137. The molecule has 1 fully saturated rings. The van der Waals surface area contributed by atoms with Gasteiger partial charge in [-0.1, -0.05) is 42.7 Å². The van der Waals surface area contributed by atoms with Gasteiger partial charge in [0.2, 0.25) is 0 Å². The molecule has 1 aliphatic carbocycles. The summed E-state index contributed by atoms with van der Waals surface area (Å²) in [7, 11) is 0. The zero-order valence-corrected chi connectivity index (χ0v) is 17.1. The Balaban J connectivity index is 1.66. The van der Waals surface area contributed by atoms with Crippen LogP contribution in [-0.4, -0.2) is 29.1 Å². The number of hydrogen-bond acceptors (Lipinski definition) is 3. The van der Waals surface area contributed by atoms with E-state index < -0.39 is 5.97 Å². The molecule has 0 radical (unpaired) electrons. The average molecular weight is 400 g/mol. The van der Waals surface area contributed by atoms with Gasteiger partial charge in [-0.25, -0.2) is 4.39 Å². The Labute approximate surface area is 172 Å². The van der Waals surface area contributed by atoms with Gasteiger partial charge in [0, 0.05) is 25.2 Å². The largest absolute Gasteiger partial charge is 0.493 e. The summed E-state index contributed by atoms with van der Waals surface area (Å²) in [5.41, 5.74) is 2.61. The third-order valence-corrected chi connectivity index (χ3v) is 5.50. The van der Waals surface area contributed by atoms with Gasteiger partial charge in [0.25, 0.3) is 0 Å². The monoisotopic (exact) mass is 399 g/mol. The van der Waals surface area contributed by atoms with Gasteiger partial charge in [0.1, 0.15) is 11.6 Å². The van der Waals surface area contributed by atoms with E-state index in [1.54, 1.807) is 6.07 Å². The van der Waals surface area contributed by atoms with Crippen LogP contribution in [0.2, 0.25) is 0 Å². The van der Waals surface area contributed by atoms with Gasteiger partial charge in [-0.05, 0) is 49.4 Å². The van der Waals surface area contributed by atoms with E-state index in [9.17, 15) is 9.18 Å². The zero-order valence-electron chi connectivity index (χ0n) is 17.1. The van der Waals surface area contributed by atoms with Crippen molar-refractivity contribution in [2.24, 2.45) is 5.92 Å². The molecule has 0 spiro atoms. The second-order valence-corrected chi connectivity index (χ2v) is 8.06. The van der Waals surface area contributed by atoms with Crippen LogP contribution in [0.4, 0.5) is 4.39 Å². The second-order valence-electron chi connectivity index (χ2n) is 8.06. The number of aryl methyl sites for hydroxylation is 1. The highest BCUT2D eigenvalue weighted by atomic mass is 19.1. The smallest absolute Gasteiger partial charge is 0.304 e. The number of hydrogen-bond donors (Lipinski definition) is 1. The highest BCUT2D eigenvalue weighted by Gasteiger charge is 2.16. The molecule has 0 aliphatic heterocycles. The summed E-state index contributed by atoms with van der Waals surface area (Å²) in [6.45, 7) is 3.95. The summed E-state index contributed by atoms with van der Waals surface area (Å²) in [4.78, 5) is 13.0. The topological polar surface area (TPSA) is 49.8 Å². The first-order chi connectivity index (χ1) is 14.0. The lowest BCUT2D eigenvalue weighted by Crippen LogP contribution is -2.26. The van der Waals surface area contributed by atoms with Gasteiger partial charge < -0.3 is 9.84 Å². The Kier molecular flexibility index (Phi) is 7.64. The van der Waals surface area contributed by atoms with Crippen LogP contribution in [0.15, 0.2) is 42.5 Å². The molecule has 3 rings (SSSR count). The first-order valence-electron chi connectivity index (χ1n) is 10.4. The molecule has 2 aromatic carbocycles. The number of benzene rings is 2. The highest BCUT2D eigenvalue weighted by Crippen LogP contribution is 2.26. The number of nitrogens with zero attached hydrogens (tertiary/aromatic N) is 1. The van der Waals surface area contributed by atoms with E-state index in [1.807, 2.05) is 42.2 Å². The highest BCUT2D eigenvalue weighted by molar-refractivity contribution is 5.66. The van der Waals surface area contributed by atoms with Crippen molar-refractivity contribution in [3.05, 3.63) is 65.0 Å². The summed E-state index contributed by atoms with van der Waals surface area (Å²) >= 11 is 0. The van der Waals surface area contributed by atoms with Crippen LogP contribution in [0.1, 0.15) is 48.8 Å². The first kappa shape index (κ1) is 21.3. The molecule has 0 heterocycles.